The van der Waals surface area contributed by atoms with Gasteiger partial charge in [-0.2, -0.15) is 0 Å². The molecule has 0 N–H and O–H groups in total. The van der Waals surface area contributed by atoms with Gasteiger partial charge in [0.05, 0.1) is 15.6 Å². The molecule has 0 aliphatic heterocycles. The zero-order valence-electron chi connectivity index (χ0n) is 19.3. The summed E-state index contributed by atoms with van der Waals surface area (Å²) in [5.41, 5.74) is -0.171. The molecule has 0 spiro atoms. The molecule has 0 saturated carbocycles. The molecule has 11 heteroatoms. The minimum atomic E-state index is -3.69. The second-order valence-electron chi connectivity index (χ2n) is 8.23. The molecule has 0 unspecified atom stereocenters. The number of carbonyl (C=O) groups is 1. The van der Waals surface area contributed by atoms with E-state index in [0.717, 1.165) is 0 Å². The number of benzene rings is 1. The van der Waals surface area contributed by atoms with Gasteiger partial charge in [0.1, 0.15) is 0 Å². The SMILES string of the molecule is CC(C)N(CCS(=O)(=O)c1ccc([N+](=O)[O-])cc1)C(=O)N(CCN(C)C)CCN(C)C. The molecule has 0 atom stereocenters. The number of nitro benzene ring substituents is 1. The third-order valence-corrected chi connectivity index (χ3v) is 6.49. The topological polar surface area (TPSA) is 107 Å². The molecule has 176 valence electrons. The summed E-state index contributed by atoms with van der Waals surface area (Å²) in [5, 5.41) is 10.8. The molecule has 0 heterocycles. The quantitative estimate of drug-likeness (QED) is 0.347. The lowest BCUT2D eigenvalue weighted by molar-refractivity contribution is -0.384. The Morgan fingerprint density at radius 1 is 0.935 bits per heavy atom. The summed E-state index contributed by atoms with van der Waals surface area (Å²) in [6.45, 7) is 6.23. The summed E-state index contributed by atoms with van der Waals surface area (Å²) < 4.78 is 25.5. The Labute approximate surface area is 185 Å². The largest absolute Gasteiger partial charge is 0.322 e. The van der Waals surface area contributed by atoms with Crippen molar-refractivity contribution < 1.29 is 18.1 Å². The maximum atomic E-state index is 13.2. The third kappa shape index (κ3) is 8.80. The van der Waals surface area contributed by atoms with Crippen molar-refractivity contribution in [2.75, 3.05) is 66.7 Å². The second-order valence-corrected chi connectivity index (χ2v) is 10.3. The van der Waals surface area contributed by atoms with Crippen LogP contribution in [0.4, 0.5) is 10.5 Å². The fourth-order valence-corrected chi connectivity index (χ4v) is 4.04. The van der Waals surface area contributed by atoms with E-state index in [-0.39, 0.29) is 35.0 Å². The van der Waals surface area contributed by atoms with Gasteiger partial charge in [0.25, 0.3) is 5.69 Å². The minimum Gasteiger partial charge on any atom is -0.322 e. The molecule has 1 aromatic carbocycles. The number of hydrogen-bond acceptors (Lipinski definition) is 7. The van der Waals surface area contributed by atoms with E-state index < -0.39 is 14.8 Å². The predicted molar refractivity (Wildman–Crippen MR) is 121 cm³/mol. The number of urea groups is 1. The first kappa shape index (κ1) is 26.8. The van der Waals surface area contributed by atoms with Crippen molar-refractivity contribution in [1.82, 2.24) is 19.6 Å². The first-order chi connectivity index (χ1) is 14.3. The highest BCUT2D eigenvalue weighted by Gasteiger charge is 2.26. The Morgan fingerprint density at radius 2 is 1.42 bits per heavy atom. The van der Waals surface area contributed by atoms with Gasteiger partial charge in [0, 0.05) is 50.9 Å². The monoisotopic (exact) mass is 457 g/mol. The number of rotatable bonds is 12. The average Bonchev–Trinajstić information content (AvgIpc) is 2.67. The lowest BCUT2D eigenvalue weighted by Gasteiger charge is -2.34. The van der Waals surface area contributed by atoms with Gasteiger partial charge in [0.15, 0.2) is 9.84 Å². The molecule has 0 saturated heterocycles. The molecule has 0 fully saturated rings. The normalized spacial score (nSPS) is 11.9. The zero-order valence-corrected chi connectivity index (χ0v) is 20.1. The van der Waals surface area contributed by atoms with Crippen molar-refractivity contribution in [2.45, 2.75) is 24.8 Å². The fraction of sp³-hybridized carbons (Fsp3) is 0.650. The summed E-state index contributed by atoms with van der Waals surface area (Å²) in [6.07, 6.45) is 0. The highest BCUT2D eigenvalue weighted by Crippen LogP contribution is 2.17. The minimum absolute atomic E-state index is 0.00586. The maximum Gasteiger partial charge on any atom is 0.320 e. The number of hydrogen-bond donors (Lipinski definition) is 0. The highest BCUT2D eigenvalue weighted by atomic mass is 32.2. The summed E-state index contributed by atoms with van der Waals surface area (Å²) >= 11 is 0. The van der Waals surface area contributed by atoms with Crippen LogP contribution in [0.3, 0.4) is 0 Å². The number of sulfone groups is 1. The van der Waals surface area contributed by atoms with Gasteiger partial charge in [0.2, 0.25) is 0 Å². The van der Waals surface area contributed by atoms with E-state index in [1.54, 1.807) is 9.80 Å². The third-order valence-electron chi connectivity index (χ3n) is 4.78. The number of carbonyl (C=O) groups excluding carboxylic acids is 1. The molecule has 0 aliphatic rings. The van der Waals surface area contributed by atoms with E-state index >= 15 is 0 Å². The van der Waals surface area contributed by atoms with Crippen LogP contribution in [0, 0.1) is 10.1 Å². The molecule has 0 radical (unpaired) electrons. The predicted octanol–water partition coefficient (Wildman–Crippen LogP) is 1.62. The molecule has 31 heavy (non-hydrogen) atoms. The van der Waals surface area contributed by atoms with Gasteiger partial charge in [-0.25, -0.2) is 13.2 Å². The van der Waals surface area contributed by atoms with E-state index in [1.807, 2.05) is 51.8 Å². The number of nitro groups is 1. The molecule has 10 nitrogen and oxygen atoms in total. The molecule has 1 aromatic rings. The number of likely N-dealkylation sites (N-methyl/N-ethyl adjacent to an activating group) is 2. The van der Waals surface area contributed by atoms with E-state index in [1.165, 1.54) is 24.3 Å². The van der Waals surface area contributed by atoms with Gasteiger partial charge in [-0.05, 0) is 54.2 Å². The Morgan fingerprint density at radius 3 is 1.81 bits per heavy atom. The van der Waals surface area contributed by atoms with Crippen molar-refractivity contribution in [3.8, 4) is 0 Å². The van der Waals surface area contributed by atoms with Gasteiger partial charge in [-0.3, -0.25) is 10.1 Å². The first-order valence-electron chi connectivity index (χ1n) is 10.2. The average molecular weight is 458 g/mol. The van der Waals surface area contributed by atoms with Gasteiger partial charge < -0.3 is 19.6 Å². The van der Waals surface area contributed by atoms with Crippen molar-refractivity contribution in [2.24, 2.45) is 0 Å². The van der Waals surface area contributed by atoms with E-state index in [0.29, 0.717) is 26.2 Å². The molecule has 2 amide bonds. The fourth-order valence-electron chi connectivity index (χ4n) is 2.81. The van der Waals surface area contributed by atoms with Crippen molar-refractivity contribution in [3.05, 3.63) is 34.4 Å². The maximum absolute atomic E-state index is 13.2. The Balaban J connectivity index is 2.94. The second kappa shape index (κ2) is 12.0. The number of non-ortho nitro benzene ring substituents is 1. The van der Waals surface area contributed by atoms with E-state index in [4.69, 9.17) is 0 Å². The van der Waals surface area contributed by atoms with Crippen LogP contribution in [0.1, 0.15) is 13.8 Å². The Bertz CT molecular complexity index is 813. The van der Waals surface area contributed by atoms with Gasteiger partial charge in [-0.1, -0.05) is 0 Å². The van der Waals surface area contributed by atoms with Gasteiger partial charge >= 0.3 is 6.03 Å². The van der Waals surface area contributed by atoms with Crippen LogP contribution in [-0.2, 0) is 9.84 Å². The summed E-state index contributed by atoms with van der Waals surface area (Å²) in [5.74, 6) is -0.260. The van der Waals surface area contributed by atoms with Crippen molar-refractivity contribution in [3.63, 3.8) is 0 Å². The van der Waals surface area contributed by atoms with Gasteiger partial charge in [-0.15, -0.1) is 0 Å². The highest BCUT2D eigenvalue weighted by molar-refractivity contribution is 7.91. The van der Waals surface area contributed by atoms with Crippen LogP contribution in [-0.4, -0.2) is 112 Å². The van der Waals surface area contributed by atoms with E-state index in [9.17, 15) is 23.3 Å². The number of amides is 2. The molecule has 0 bridgehead atoms. The van der Waals surface area contributed by atoms with Crippen LogP contribution in [0.2, 0.25) is 0 Å². The van der Waals surface area contributed by atoms with Crippen LogP contribution >= 0.6 is 0 Å². The molecule has 0 aromatic heterocycles. The molecule has 0 aliphatic carbocycles. The smallest absolute Gasteiger partial charge is 0.320 e. The summed E-state index contributed by atoms with van der Waals surface area (Å²) in [7, 11) is 4.05. The first-order valence-corrected chi connectivity index (χ1v) is 11.8. The Kier molecular flexibility index (Phi) is 10.3. The van der Waals surface area contributed by atoms with E-state index in [2.05, 4.69) is 0 Å². The Hall–Kier alpha value is -2.24. The lowest BCUT2D eigenvalue weighted by atomic mass is 10.3. The molecule has 1 rings (SSSR count). The molecular weight excluding hydrogens is 422 g/mol. The van der Waals surface area contributed by atoms with Crippen molar-refractivity contribution >= 4 is 21.6 Å². The van der Waals surface area contributed by atoms with Crippen LogP contribution in [0.5, 0.6) is 0 Å². The summed E-state index contributed by atoms with van der Waals surface area (Å²) in [6, 6.07) is 4.42. The summed E-state index contributed by atoms with van der Waals surface area (Å²) in [4.78, 5) is 30.7. The van der Waals surface area contributed by atoms with Crippen LogP contribution < -0.4 is 0 Å². The lowest BCUT2D eigenvalue weighted by Crippen LogP contribution is -2.51. The zero-order chi connectivity index (χ0) is 23.8. The van der Waals surface area contributed by atoms with Crippen LogP contribution in [0.15, 0.2) is 29.2 Å². The van der Waals surface area contributed by atoms with Crippen molar-refractivity contribution in [1.29, 1.82) is 0 Å². The standard InChI is InChI=1S/C20H35N5O5S/c1-17(2)24(20(26)23(13-11-21(3)4)14-12-22(5)6)15-16-31(29,30)19-9-7-18(8-10-19)25(27)28/h7-10,17H,11-16H2,1-6H3. The molecular formula is C20H35N5O5S. The van der Waals surface area contributed by atoms with Crippen LogP contribution in [0.25, 0.3) is 0 Å². The number of nitrogens with zero attached hydrogens (tertiary/aromatic N) is 5.